The molecule has 5 heteroatoms. The van der Waals surface area contributed by atoms with Crippen molar-refractivity contribution in [3.63, 3.8) is 0 Å². The Morgan fingerprint density at radius 2 is 2.15 bits per heavy atom. The van der Waals surface area contributed by atoms with Gasteiger partial charge in [0.15, 0.2) is 5.69 Å². The molecule has 0 amide bonds. The molecule has 0 bridgehead atoms. The lowest BCUT2D eigenvalue weighted by Crippen LogP contribution is -1.97. The van der Waals surface area contributed by atoms with Crippen molar-refractivity contribution in [1.29, 1.82) is 0 Å². The number of para-hydroxylation sites is 1. The van der Waals surface area contributed by atoms with Crippen molar-refractivity contribution in [2.75, 3.05) is 0 Å². The molecule has 1 heterocycles. The standard InChI is InChI=1S/C8H6N2O2S/c11-8(12)7-5-3-1-2-4-6(5)10(13)9-7/h1-4,13H,(H,11,12). The highest BCUT2D eigenvalue weighted by Crippen LogP contribution is 2.18. The summed E-state index contributed by atoms with van der Waals surface area (Å²) in [6, 6.07) is 7.05. The van der Waals surface area contributed by atoms with Gasteiger partial charge in [-0.15, -0.1) is 0 Å². The van der Waals surface area contributed by atoms with Crippen LogP contribution in [0.2, 0.25) is 0 Å². The average Bonchev–Trinajstić information content (AvgIpc) is 2.45. The van der Waals surface area contributed by atoms with Gasteiger partial charge >= 0.3 is 5.97 Å². The van der Waals surface area contributed by atoms with Crippen molar-refractivity contribution in [1.82, 2.24) is 9.19 Å². The number of aromatic nitrogens is 2. The number of thiol groups is 1. The second-order valence-corrected chi connectivity index (χ2v) is 2.94. The molecule has 0 saturated heterocycles. The maximum atomic E-state index is 10.7. The highest BCUT2D eigenvalue weighted by molar-refractivity contribution is 7.78. The molecule has 1 aromatic heterocycles. The molecule has 0 radical (unpaired) electrons. The smallest absolute Gasteiger partial charge is 0.357 e. The topological polar surface area (TPSA) is 55.1 Å². The third-order valence-electron chi connectivity index (χ3n) is 1.77. The van der Waals surface area contributed by atoms with E-state index in [2.05, 4.69) is 17.9 Å². The number of carboxylic acids is 1. The molecule has 4 nitrogen and oxygen atoms in total. The molecule has 0 saturated carbocycles. The van der Waals surface area contributed by atoms with Crippen molar-refractivity contribution in [3.8, 4) is 0 Å². The molecular formula is C8H6N2O2S. The van der Waals surface area contributed by atoms with E-state index in [0.29, 0.717) is 10.9 Å². The number of fused-ring (bicyclic) bond motifs is 1. The van der Waals surface area contributed by atoms with Gasteiger partial charge in [0.25, 0.3) is 0 Å². The van der Waals surface area contributed by atoms with Crippen molar-refractivity contribution >= 4 is 29.7 Å². The minimum absolute atomic E-state index is 0.0330. The minimum atomic E-state index is -1.04. The van der Waals surface area contributed by atoms with Crippen molar-refractivity contribution in [2.24, 2.45) is 0 Å². The summed E-state index contributed by atoms with van der Waals surface area (Å²) in [7, 11) is 0. The van der Waals surface area contributed by atoms with E-state index in [1.807, 2.05) is 6.07 Å². The van der Waals surface area contributed by atoms with Crippen LogP contribution in [0.3, 0.4) is 0 Å². The highest BCUT2D eigenvalue weighted by Gasteiger charge is 2.13. The normalized spacial score (nSPS) is 10.5. The van der Waals surface area contributed by atoms with Crippen LogP contribution in [0.15, 0.2) is 24.3 Å². The number of aromatic carboxylic acids is 1. The van der Waals surface area contributed by atoms with Crippen LogP contribution in [0.4, 0.5) is 0 Å². The van der Waals surface area contributed by atoms with Gasteiger partial charge < -0.3 is 5.11 Å². The lowest BCUT2D eigenvalue weighted by Gasteiger charge is -1.89. The molecule has 66 valence electrons. The zero-order valence-corrected chi connectivity index (χ0v) is 7.40. The fourth-order valence-corrected chi connectivity index (χ4v) is 1.47. The summed E-state index contributed by atoms with van der Waals surface area (Å²) in [5, 5.41) is 13.2. The van der Waals surface area contributed by atoms with Crippen molar-refractivity contribution < 1.29 is 9.90 Å². The Morgan fingerprint density at radius 3 is 2.85 bits per heavy atom. The molecule has 0 spiro atoms. The monoisotopic (exact) mass is 194 g/mol. The molecule has 2 aromatic rings. The van der Waals surface area contributed by atoms with Crippen LogP contribution in [-0.4, -0.2) is 20.3 Å². The van der Waals surface area contributed by atoms with Crippen LogP contribution in [0, 0.1) is 0 Å². The Balaban J connectivity index is 2.85. The molecule has 0 aliphatic rings. The Kier molecular flexibility index (Phi) is 1.73. The first-order valence-corrected chi connectivity index (χ1v) is 4.00. The van der Waals surface area contributed by atoms with Gasteiger partial charge in [0.05, 0.1) is 5.52 Å². The van der Waals surface area contributed by atoms with E-state index in [9.17, 15) is 4.79 Å². The number of rotatable bonds is 1. The zero-order chi connectivity index (χ0) is 9.42. The first kappa shape index (κ1) is 8.12. The number of benzene rings is 1. The summed E-state index contributed by atoms with van der Waals surface area (Å²) in [5.74, 6) is -1.04. The van der Waals surface area contributed by atoms with E-state index in [-0.39, 0.29) is 5.69 Å². The predicted octanol–water partition coefficient (Wildman–Crippen LogP) is 1.43. The van der Waals surface area contributed by atoms with Gasteiger partial charge in [0, 0.05) is 5.39 Å². The van der Waals surface area contributed by atoms with Crippen molar-refractivity contribution in [3.05, 3.63) is 30.0 Å². The number of nitrogens with zero attached hydrogens (tertiary/aromatic N) is 2. The Hall–Kier alpha value is -1.49. The summed E-state index contributed by atoms with van der Waals surface area (Å²) in [4.78, 5) is 10.7. The van der Waals surface area contributed by atoms with E-state index < -0.39 is 5.97 Å². The molecule has 0 aliphatic carbocycles. The maximum Gasteiger partial charge on any atom is 0.357 e. The number of hydrogen-bond donors (Lipinski definition) is 2. The van der Waals surface area contributed by atoms with Crippen LogP contribution in [0.5, 0.6) is 0 Å². The largest absolute Gasteiger partial charge is 0.476 e. The van der Waals surface area contributed by atoms with Crippen LogP contribution in [0.25, 0.3) is 10.9 Å². The lowest BCUT2D eigenvalue weighted by atomic mass is 10.2. The molecular weight excluding hydrogens is 188 g/mol. The van der Waals surface area contributed by atoms with Gasteiger partial charge in [-0.2, -0.15) is 5.10 Å². The molecule has 1 N–H and O–H groups in total. The summed E-state index contributed by atoms with van der Waals surface area (Å²) >= 11 is 4.01. The Morgan fingerprint density at radius 1 is 1.46 bits per heavy atom. The molecule has 0 aliphatic heterocycles. The van der Waals surface area contributed by atoms with E-state index in [4.69, 9.17) is 5.11 Å². The first-order valence-electron chi connectivity index (χ1n) is 3.60. The van der Waals surface area contributed by atoms with Crippen LogP contribution < -0.4 is 0 Å². The number of carbonyl (C=O) groups is 1. The lowest BCUT2D eigenvalue weighted by molar-refractivity contribution is 0.0692. The van der Waals surface area contributed by atoms with E-state index >= 15 is 0 Å². The third kappa shape index (κ3) is 1.17. The summed E-state index contributed by atoms with van der Waals surface area (Å²) in [6.45, 7) is 0. The van der Waals surface area contributed by atoms with Gasteiger partial charge in [0.1, 0.15) is 0 Å². The molecule has 0 atom stereocenters. The van der Waals surface area contributed by atoms with E-state index in [1.54, 1.807) is 18.2 Å². The van der Waals surface area contributed by atoms with E-state index in [0.717, 1.165) is 0 Å². The molecule has 0 unspecified atom stereocenters. The van der Waals surface area contributed by atoms with Crippen LogP contribution in [-0.2, 0) is 0 Å². The van der Waals surface area contributed by atoms with Crippen LogP contribution >= 0.6 is 12.8 Å². The van der Waals surface area contributed by atoms with Gasteiger partial charge in [-0.05, 0) is 18.9 Å². The fourth-order valence-electron chi connectivity index (χ4n) is 1.21. The Labute approximate surface area is 79.3 Å². The van der Waals surface area contributed by atoms with Gasteiger partial charge in [-0.25, -0.2) is 8.88 Å². The summed E-state index contributed by atoms with van der Waals surface area (Å²) in [5.41, 5.74) is 0.730. The molecule has 13 heavy (non-hydrogen) atoms. The SMILES string of the molecule is O=C(O)c1nn(S)c2ccccc12. The fraction of sp³-hybridized carbons (Fsp3) is 0. The number of hydrogen-bond acceptors (Lipinski definition) is 3. The number of carboxylic acid groups (broad SMARTS) is 1. The third-order valence-corrected chi connectivity index (χ3v) is 2.08. The molecule has 0 fully saturated rings. The van der Waals surface area contributed by atoms with Crippen molar-refractivity contribution in [2.45, 2.75) is 0 Å². The van der Waals surface area contributed by atoms with Gasteiger partial charge in [-0.3, -0.25) is 0 Å². The highest BCUT2D eigenvalue weighted by atomic mass is 32.1. The summed E-state index contributed by atoms with van der Waals surface area (Å²) < 4.78 is 1.26. The second kappa shape index (κ2) is 2.77. The average molecular weight is 194 g/mol. The van der Waals surface area contributed by atoms with Crippen LogP contribution in [0.1, 0.15) is 10.5 Å². The maximum absolute atomic E-state index is 10.7. The zero-order valence-electron chi connectivity index (χ0n) is 6.51. The predicted molar refractivity (Wildman–Crippen MR) is 51.1 cm³/mol. The second-order valence-electron chi connectivity index (χ2n) is 2.56. The first-order chi connectivity index (χ1) is 6.20. The van der Waals surface area contributed by atoms with Gasteiger partial charge in [0.2, 0.25) is 0 Å². The quantitative estimate of drug-likeness (QED) is 0.675. The minimum Gasteiger partial charge on any atom is -0.476 e. The molecule has 2 rings (SSSR count). The van der Waals surface area contributed by atoms with E-state index in [1.165, 1.54) is 4.09 Å². The van der Waals surface area contributed by atoms with Gasteiger partial charge in [-0.1, -0.05) is 18.2 Å². The summed E-state index contributed by atoms with van der Waals surface area (Å²) in [6.07, 6.45) is 0. The Bertz CT molecular complexity index is 478. The molecule has 1 aromatic carbocycles.